The second-order valence-corrected chi connectivity index (χ2v) is 5.89. The fourth-order valence-electron chi connectivity index (χ4n) is 2.49. The lowest BCUT2D eigenvalue weighted by Gasteiger charge is -2.15. The van der Waals surface area contributed by atoms with Gasteiger partial charge in [-0.15, -0.1) is 0 Å². The molecule has 8 heteroatoms. The van der Waals surface area contributed by atoms with Gasteiger partial charge in [-0.1, -0.05) is 30.3 Å². The van der Waals surface area contributed by atoms with E-state index < -0.39 is 29.7 Å². The summed E-state index contributed by atoms with van der Waals surface area (Å²) in [5.74, 6) is -1.29. The summed E-state index contributed by atoms with van der Waals surface area (Å²) in [5.41, 5.74) is -0.0423. The number of ether oxygens (including phenoxy) is 1. The molecule has 0 spiro atoms. The van der Waals surface area contributed by atoms with Crippen LogP contribution in [0, 0.1) is 0 Å². The van der Waals surface area contributed by atoms with Crippen molar-refractivity contribution in [3.63, 3.8) is 0 Å². The summed E-state index contributed by atoms with van der Waals surface area (Å²) in [7, 11) is 1.50. The number of rotatable bonds is 7. The Balaban J connectivity index is 2.03. The molecule has 27 heavy (non-hydrogen) atoms. The molecule has 1 amide bonds. The molecule has 0 fully saturated rings. The van der Waals surface area contributed by atoms with Gasteiger partial charge in [0.2, 0.25) is 5.91 Å². The fourth-order valence-corrected chi connectivity index (χ4v) is 2.49. The van der Waals surface area contributed by atoms with E-state index in [0.717, 1.165) is 12.1 Å². The van der Waals surface area contributed by atoms with E-state index in [1.807, 2.05) is 0 Å². The van der Waals surface area contributed by atoms with Gasteiger partial charge >= 0.3 is 12.1 Å². The Labute approximate surface area is 153 Å². The molecule has 0 unspecified atom stereocenters. The molecule has 0 saturated heterocycles. The second-order valence-electron chi connectivity index (χ2n) is 5.89. The SMILES string of the molecule is COc1ccc(C[C@@H](NC(=O)Cc2cccc(C(F)(F)F)c2)C(=O)O)cc1. The lowest BCUT2D eigenvalue weighted by molar-refractivity contribution is -0.141. The quantitative estimate of drug-likeness (QED) is 0.773. The summed E-state index contributed by atoms with van der Waals surface area (Å²) in [6.07, 6.45) is -4.82. The molecular weight excluding hydrogens is 363 g/mol. The second kappa shape index (κ2) is 8.57. The number of hydrogen-bond acceptors (Lipinski definition) is 3. The maximum atomic E-state index is 12.7. The number of carbonyl (C=O) groups excluding carboxylic acids is 1. The highest BCUT2D eigenvalue weighted by Gasteiger charge is 2.30. The van der Waals surface area contributed by atoms with E-state index in [2.05, 4.69) is 5.32 Å². The molecule has 0 saturated carbocycles. The normalized spacial score (nSPS) is 12.3. The number of halogens is 3. The van der Waals surface area contributed by atoms with Crippen LogP contribution in [-0.2, 0) is 28.6 Å². The van der Waals surface area contributed by atoms with E-state index in [0.29, 0.717) is 11.3 Å². The number of carbonyl (C=O) groups is 2. The van der Waals surface area contributed by atoms with Crippen LogP contribution in [0.5, 0.6) is 5.75 Å². The molecule has 0 radical (unpaired) electrons. The zero-order valence-electron chi connectivity index (χ0n) is 14.4. The van der Waals surface area contributed by atoms with Gasteiger partial charge in [0.15, 0.2) is 0 Å². The fraction of sp³-hybridized carbons (Fsp3) is 0.263. The zero-order chi connectivity index (χ0) is 20.0. The highest BCUT2D eigenvalue weighted by atomic mass is 19.4. The van der Waals surface area contributed by atoms with Gasteiger partial charge in [-0.2, -0.15) is 13.2 Å². The molecule has 2 rings (SSSR count). The Morgan fingerprint density at radius 2 is 1.78 bits per heavy atom. The molecule has 5 nitrogen and oxygen atoms in total. The number of hydrogen-bond donors (Lipinski definition) is 2. The Kier molecular flexibility index (Phi) is 6.44. The first kappa shape index (κ1) is 20.3. The summed E-state index contributed by atoms with van der Waals surface area (Å²) in [6, 6.07) is 9.85. The molecule has 2 aromatic rings. The first-order chi connectivity index (χ1) is 12.7. The molecule has 0 aliphatic rings. The zero-order valence-corrected chi connectivity index (χ0v) is 14.4. The number of nitrogens with one attached hydrogen (secondary N) is 1. The standard InChI is InChI=1S/C19H18F3NO4/c1-27-15-7-5-12(6-8-15)10-16(18(25)26)23-17(24)11-13-3-2-4-14(9-13)19(20,21)22/h2-9,16H,10-11H2,1H3,(H,23,24)(H,25,26)/t16-/m1/s1. The highest BCUT2D eigenvalue weighted by molar-refractivity contribution is 5.85. The van der Waals surface area contributed by atoms with Crippen LogP contribution in [-0.4, -0.2) is 30.1 Å². The van der Waals surface area contributed by atoms with Crippen LogP contribution in [0.2, 0.25) is 0 Å². The van der Waals surface area contributed by atoms with Gasteiger partial charge in [0.1, 0.15) is 11.8 Å². The van der Waals surface area contributed by atoms with Crippen molar-refractivity contribution in [1.29, 1.82) is 0 Å². The van der Waals surface area contributed by atoms with E-state index in [-0.39, 0.29) is 18.4 Å². The Morgan fingerprint density at radius 3 is 2.33 bits per heavy atom. The van der Waals surface area contributed by atoms with E-state index in [9.17, 15) is 27.9 Å². The van der Waals surface area contributed by atoms with Crippen molar-refractivity contribution in [2.45, 2.75) is 25.1 Å². The van der Waals surface area contributed by atoms with Gasteiger partial charge in [-0.25, -0.2) is 4.79 Å². The van der Waals surface area contributed by atoms with E-state index >= 15 is 0 Å². The van der Waals surface area contributed by atoms with Crippen LogP contribution in [0.1, 0.15) is 16.7 Å². The summed E-state index contributed by atoms with van der Waals surface area (Å²) >= 11 is 0. The number of carboxylic acid groups (broad SMARTS) is 1. The predicted molar refractivity (Wildman–Crippen MR) is 91.4 cm³/mol. The van der Waals surface area contributed by atoms with Gasteiger partial charge in [0.25, 0.3) is 0 Å². The van der Waals surface area contributed by atoms with Crippen molar-refractivity contribution >= 4 is 11.9 Å². The third-order valence-electron chi connectivity index (χ3n) is 3.85. The van der Waals surface area contributed by atoms with Crippen molar-refractivity contribution in [1.82, 2.24) is 5.32 Å². The molecule has 0 aromatic heterocycles. The third kappa shape index (κ3) is 6.02. The summed E-state index contributed by atoms with van der Waals surface area (Å²) in [6.45, 7) is 0. The molecule has 2 aromatic carbocycles. The van der Waals surface area contributed by atoms with Gasteiger partial charge < -0.3 is 15.2 Å². The van der Waals surface area contributed by atoms with Crippen LogP contribution < -0.4 is 10.1 Å². The molecule has 0 aliphatic carbocycles. The topological polar surface area (TPSA) is 75.6 Å². The molecule has 0 bridgehead atoms. The first-order valence-electron chi connectivity index (χ1n) is 8.00. The van der Waals surface area contributed by atoms with Crippen LogP contribution in [0.25, 0.3) is 0 Å². The maximum Gasteiger partial charge on any atom is 0.416 e. The smallest absolute Gasteiger partial charge is 0.416 e. The van der Waals surface area contributed by atoms with Crippen LogP contribution >= 0.6 is 0 Å². The first-order valence-corrected chi connectivity index (χ1v) is 8.00. The largest absolute Gasteiger partial charge is 0.497 e. The van der Waals surface area contributed by atoms with Gasteiger partial charge in [-0.05, 0) is 29.3 Å². The molecule has 2 N–H and O–H groups in total. The van der Waals surface area contributed by atoms with Gasteiger partial charge in [0.05, 0.1) is 19.1 Å². The van der Waals surface area contributed by atoms with Crippen molar-refractivity contribution in [3.8, 4) is 5.75 Å². The summed E-state index contributed by atoms with van der Waals surface area (Å²) in [4.78, 5) is 23.5. The Hall–Kier alpha value is -3.03. The van der Waals surface area contributed by atoms with Crippen molar-refractivity contribution in [2.24, 2.45) is 0 Å². The molecular formula is C19H18F3NO4. The van der Waals surface area contributed by atoms with Gasteiger partial charge in [0, 0.05) is 6.42 Å². The molecule has 0 aliphatic heterocycles. The number of aliphatic carboxylic acids is 1. The van der Waals surface area contributed by atoms with Crippen LogP contribution in [0.4, 0.5) is 13.2 Å². The molecule has 0 heterocycles. The Bertz CT molecular complexity index is 803. The van der Waals surface area contributed by atoms with Crippen molar-refractivity contribution in [2.75, 3.05) is 7.11 Å². The minimum atomic E-state index is -4.51. The lowest BCUT2D eigenvalue weighted by Crippen LogP contribution is -2.43. The predicted octanol–water partition coefficient (Wildman–Crippen LogP) is 3.07. The van der Waals surface area contributed by atoms with E-state index in [1.54, 1.807) is 24.3 Å². The number of amides is 1. The molecule has 144 valence electrons. The average molecular weight is 381 g/mol. The number of methoxy groups -OCH3 is 1. The lowest BCUT2D eigenvalue weighted by atomic mass is 10.0. The monoisotopic (exact) mass is 381 g/mol. The number of carboxylic acids is 1. The molecule has 1 atom stereocenters. The minimum absolute atomic E-state index is 0.0354. The number of benzene rings is 2. The van der Waals surface area contributed by atoms with Crippen LogP contribution in [0.15, 0.2) is 48.5 Å². The maximum absolute atomic E-state index is 12.7. The van der Waals surface area contributed by atoms with E-state index in [1.165, 1.54) is 19.2 Å². The summed E-state index contributed by atoms with van der Waals surface area (Å²) < 4.78 is 43.2. The summed E-state index contributed by atoms with van der Waals surface area (Å²) in [5, 5.41) is 11.7. The van der Waals surface area contributed by atoms with Crippen molar-refractivity contribution < 1.29 is 32.6 Å². The minimum Gasteiger partial charge on any atom is -0.497 e. The van der Waals surface area contributed by atoms with Gasteiger partial charge in [-0.3, -0.25) is 4.79 Å². The van der Waals surface area contributed by atoms with E-state index in [4.69, 9.17) is 4.74 Å². The number of alkyl halides is 3. The van der Waals surface area contributed by atoms with Crippen molar-refractivity contribution in [3.05, 3.63) is 65.2 Å². The third-order valence-corrected chi connectivity index (χ3v) is 3.85. The van der Waals surface area contributed by atoms with Crippen LogP contribution in [0.3, 0.4) is 0 Å². The highest BCUT2D eigenvalue weighted by Crippen LogP contribution is 2.29. The average Bonchev–Trinajstić information content (AvgIpc) is 2.61. The Morgan fingerprint density at radius 1 is 1.11 bits per heavy atom.